The molecule has 0 fully saturated rings. The highest BCUT2D eigenvalue weighted by Crippen LogP contribution is 2.39. The van der Waals surface area contributed by atoms with E-state index < -0.39 is 0 Å². The summed E-state index contributed by atoms with van der Waals surface area (Å²) in [6.45, 7) is 6.18. The molecule has 3 aromatic carbocycles. The van der Waals surface area contributed by atoms with Gasteiger partial charge in [-0.2, -0.15) is 5.10 Å². The second-order valence-corrected chi connectivity index (χ2v) is 9.99. The molecule has 5 aromatic rings. The van der Waals surface area contributed by atoms with E-state index >= 15 is 0 Å². The standard InChI is InChI=1S/C32H30FN5O/c1-4-28-26-20-37(32(39)34-24-16-15-22(3)27(33)19-24)30(23-11-8-10-21(2)18-23)29-14-9-17-36(29)31(26)38(35-28)25-12-6-5-7-13-25/h5-19,30H,4,20H2,1-3H3,(H,34,39)/t30-/m1/s1. The summed E-state index contributed by atoms with van der Waals surface area (Å²) in [4.78, 5) is 15.9. The van der Waals surface area contributed by atoms with E-state index in [1.165, 1.54) is 6.07 Å². The Labute approximate surface area is 227 Å². The molecule has 2 amide bonds. The number of carbonyl (C=O) groups is 1. The Morgan fingerprint density at radius 2 is 1.82 bits per heavy atom. The Bertz CT molecular complexity index is 1670. The maximum atomic E-state index is 14.4. The van der Waals surface area contributed by atoms with Crippen molar-refractivity contribution in [1.82, 2.24) is 19.2 Å². The van der Waals surface area contributed by atoms with Crippen LogP contribution < -0.4 is 5.32 Å². The van der Waals surface area contributed by atoms with E-state index in [2.05, 4.69) is 48.0 Å². The topological polar surface area (TPSA) is 55.1 Å². The average Bonchev–Trinajstić information content (AvgIpc) is 3.52. The van der Waals surface area contributed by atoms with E-state index in [9.17, 15) is 9.18 Å². The van der Waals surface area contributed by atoms with Crippen molar-refractivity contribution >= 4 is 11.7 Å². The smallest absolute Gasteiger partial charge is 0.308 e. The van der Waals surface area contributed by atoms with Crippen LogP contribution in [0.2, 0.25) is 0 Å². The van der Waals surface area contributed by atoms with Gasteiger partial charge in [0.05, 0.1) is 29.7 Å². The van der Waals surface area contributed by atoms with E-state index in [1.54, 1.807) is 19.1 Å². The molecule has 1 atom stereocenters. The van der Waals surface area contributed by atoms with Crippen molar-refractivity contribution in [2.75, 3.05) is 5.32 Å². The first-order chi connectivity index (χ1) is 18.9. The summed E-state index contributed by atoms with van der Waals surface area (Å²) in [5.74, 6) is 0.569. The summed E-state index contributed by atoms with van der Waals surface area (Å²) in [7, 11) is 0. The average molecular weight is 520 g/mol. The number of aromatic nitrogens is 3. The highest BCUT2D eigenvalue weighted by Gasteiger charge is 2.36. The third kappa shape index (κ3) is 4.40. The van der Waals surface area contributed by atoms with Crippen molar-refractivity contribution in [2.45, 2.75) is 39.8 Å². The fourth-order valence-corrected chi connectivity index (χ4v) is 5.41. The van der Waals surface area contributed by atoms with Crippen molar-refractivity contribution in [3.63, 3.8) is 0 Å². The van der Waals surface area contributed by atoms with Crippen molar-refractivity contribution in [3.8, 4) is 11.5 Å². The van der Waals surface area contributed by atoms with Crippen LogP contribution in [-0.2, 0) is 13.0 Å². The Kier molecular flexibility index (Phi) is 6.27. The number of hydrogen-bond donors (Lipinski definition) is 1. The van der Waals surface area contributed by atoms with Crippen LogP contribution in [0.15, 0.2) is 91.1 Å². The SMILES string of the molecule is CCc1nn(-c2ccccc2)c2c1CN(C(=O)Nc1ccc(C)c(F)c1)[C@H](c1cccc(C)c1)c1cccn1-2. The van der Waals surface area contributed by atoms with Gasteiger partial charge in [-0.1, -0.05) is 61.0 Å². The van der Waals surface area contributed by atoms with Gasteiger partial charge in [0.15, 0.2) is 0 Å². The molecule has 1 aliphatic rings. The number of aryl methyl sites for hydroxylation is 3. The number of anilines is 1. The van der Waals surface area contributed by atoms with Gasteiger partial charge in [0.1, 0.15) is 11.6 Å². The molecule has 6 nitrogen and oxygen atoms in total. The number of fused-ring (bicyclic) bond motifs is 3. The molecule has 6 rings (SSSR count). The van der Waals surface area contributed by atoms with Gasteiger partial charge in [-0.15, -0.1) is 0 Å². The van der Waals surface area contributed by atoms with Crippen LogP contribution in [0.25, 0.3) is 11.5 Å². The van der Waals surface area contributed by atoms with Crippen LogP contribution in [0.5, 0.6) is 0 Å². The number of amides is 2. The molecule has 0 unspecified atom stereocenters. The molecule has 1 N–H and O–H groups in total. The summed E-state index contributed by atoms with van der Waals surface area (Å²) in [6, 6.07) is 26.5. The van der Waals surface area contributed by atoms with Crippen LogP contribution >= 0.6 is 0 Å². The number of para-hydroxylation sites is 1. The fraction of sp³-hybridized carbons (Fsp3) is 0.188. The number of nitrogens with one attached hydrogen (secondary N) is 1. The van der Waals surface area contributed by atoms with Gasteiger partial charge in [0, 0.05) is 17.4 Å². The van der Waals surface area contributed by atoms with Crippen molar-refractivity contribution in [2.24, 2.45) is 0 Å². The predicted octanol–water partition coefficient (Wildman–Crippen LogP) is 7.12. The molecular formula is C32H30FN5O. The van der Waals surface area contributed by atoms with Crippen LogP contribution in [-0.4, -0.2) is 25.3 Å². The molecule has 196 valence electrons. The quantitative estimate of drug-likeness (QED) is 0.275. The van der Waals surface area contributed by atoms with Crippen molar-refractivity contribution in [3.05, 3.63) is 131 Å². The number of benzene rings is 3. The third-order valence-corrected chi connectivity index (χ3v) is 7.35. The number of nitrogens with zero attached hydrogens (tertiary/aromatic N) is 4. The van der Waals surface area contributed by atoms with Crippen LogP contribution in [0.1, 0.15) is 46.6 Å². The zero-order chi connectivity index (χ0) is 27.1. The summed E-state index contributed by atoms with van der Waals surface area (Å²) >= 11 is 0. The Hall–Kier alpha value is -4.65. The maximum Gasteiger partial charge on any atom is 0.322 e. The molecule has 3 heterocycles. The molecule has 2 aromatic heterocycles. The van der Waals surface area contributed by atoms with E-state index in [-0.39, 0.29) is 17.9 Å². The number of urea groups is 1. The van der Waals surface area contributed by atoms with E-state index in [0.717, 1.165) is 39.6 Å². The third-order valence-electron chi connectivity index (χ3n) is 7.35. The fourth-order valence-electron chi connectivity index (χ4n) is 5.41. The number of carbonyl (C=O) groups excluding carboxylic acids is 1. The normalized spacial score (nSPS) is 14.5. The lowest BCUT2D eigenvalue weighted by Crippen LogP contribution is -2.38. The first-order valence-corrected chi connectivity index (χ1v) is 13.2. The highest BCUT2D eigenvalue weighted by atomic mass is 19.1. The minimum Gasteiger partial charge on any atom is -0.308 e. The van der Waals surface area contributed by atoms with Crippen LogP contribution in [0, 0.1) is 19.7 Å². The zero-order valence-electron chi connectivity index (χ0n) is 22.2. The minimum atomic E-state index is -0.378. The van der Waals surface area contributed by atoms with Gasteiger partial charge >= 0.3 is 6.03 Å². The van der Waals surface area contributed by atoms with E-state index in [0.29, 0.717) is 24.2 Å². The molecule has 39 heavy (non-hydrogen) atoms. The first-order valence-electron chi connectivity index (χ1n) is 13.2. The van der Waals surface area contributed by atoms with Crippen molar-refractivity contribution in [1.29, 1.82) is 0 Å². The van der Waals surface area contributed by atoms with Gasteiger partial charge in [0.25, 0.3) is 0 Å². The van der Waals surface area contributed by atoms with Gasteiger partial charge in [-0.05, 0) is 67.8 Å². The lowest BCUT2D eigenvalue weighted by atomic mass is 10.00. The van der Waals surface area contributed by atoms with E-state index in [4.69, 9.17) is 5.10 Å². The van der Waals surface area contributed by atoms with Crippen LogP contribution in [0.3, 0.4) is 0 Å². The lowest BCUT2D eigenvalue weighted by Gasteiger charge is -2.31. The number of hydrogen-bond acceptors (Lipinski definition) is 2. The summed E-state index contributed by atoms with van der Waals surface area (Å²) in [5, 5.41) is 7.96. The van der Waals surface area contributed by atoms with Gasteiger partial charge in [-0.25, -0.2) is 13.9 Å². The zero-order valence-corrected chi connectivity index (χ0v) is 22.2. The Morgan fingerprint density at radius 3 is 2.56 bits per heavy atom. The van der Waals surface area contributed by atoms with Gasteiger partial charge in [-0.3, -0.25) is 0 Å². The molecule has 1 aliphatic heterocycles. The summed E-state index contributed by atoms with van der Waals surface area (Å²) in [5.41, 5.74) is 6.88. The molecular weight excluding hydrogens is 489 g/mol. The number of rotatable bonds is 4. The second-order valence-electron chi connectivity index (χ2n) is 9.99. The molecule has 0 spiro atoms. The Morgan fingerprint density at radius 1 is 1.00 bits per heavy atom. The lowest BCUT2D eigenvalue weighted by molar-refractivity contribution is 0.194. The molecule has 0 saturated carbocycles. The van der Waals surface area contributed by atoms with Crippen LogP contribution in [0.4, 0.5) is 14.9 Å². The molecule has 7 heteroatoms. The molecule has 0 saturated heterocycles. The first kappa shape index (κ1) is 24.7. The van der Waals surface area contributed by atoms with E-state index in [1.807, 2.05) is 58.2 Å². The Balaban J connectivity index is 1.55. The maximum absolute atomic E-state index is 14.4. The predicted molar refractivity (Wildman–Crippen MR) is 151 cm³/mol. The van der Waals surface area contributed by atoms with Gasteiger partial charge < -0.3 is 14.8 Å². The molecule has 0 aliphatic carbocycles. The molecule has 0 radical (unpaired) electrons. The summed E-state index contributed by atoms with van der Waals surface area (Å²) in [6.07, 6.45) is 2.75. The minimum absolute atomic E-state index is 0.306. The van der Waals surface area contributed by atoms with Crippen molar-refractivity contribution < 1.29 is 9.18 Å². The summed E-state index contributed by atoms with van der Waals surface area (Å²) < 4.78 is 18.5. The largest absolute Gasteiger partial charge is 0.322 e. The monoisotopic (exact) mass is 519 g/mol. The number of halogens is 1. The highest BCUT2D eigenvalue weighted by molar-refractivity contribution is 5.90. The second kappa shape index (κ2) is 9.91. The molecule has 0 bridgehead atoms. The van der Waals surface area contributed by atoms with Gasteiger partial charge in [0.2, 0.25) is 0 Å².